The maximum absolute atomic E-state index is 11.2. The van der Waals surface area contributed by atoms with E-state index in [0.29, 0.717) is 15.8 Å². The van der Waals surface area contributed by atoms with Gasteiger partial charge in [-0.1, -0.05) is 11.6 Å². The van der Waals surface area contributed by atoms with E-state index in [4.69, 9.17) is 16.3 Å². The van der Waals surface area contributed by atoms with Gasteiger partial charge >= 0.3 is 0 Å². The van der Waals surface area contributed by atoms with Gasteiger partial charge in [-0.3, -0.25) is 10.2 Å². The molecule has 0 amide bonds. The molecular weight excluding hydrogens is 364 g/mol. The molecule has 0 spiro atoms. The second-order valence-corrected chi connectivity index (χ2v) is 5.08. The van der Waals surface area contributed by atoms with Crippen molar-refractivity contribution in [1.82, 2.24) is 10.2 Å². The fourth-order valence-corrected chi connectivity index (χ4v) is 2.05. The summed E-state index contributed by atoms with van der Waals surface area (Å²) in [5.74, 6) is 0.311. The van der Waals surface area contributed by atoms with Crippen LogP contribution in [-0.4, -0.2) is 28.6 Å². The van der Waals surface area contributed by atoms with Crippen LogP contribution in [0.3, 0.4) is 0 Å². The summed E-state index contributed by atoms with van der Waals surface area (Å²) in [5.41, 5.74) is 3.05. The number of hydrogen-bond acceptors (Lipinski definition) is 6. The van der Waals surface area contributed by atoms with Crippen LogP contribution in [0.4, 0.5) is 5.69 Å². The number of aromatic nitrogens is 2. The number of rotatable bonds is 4. The highest BCUT2D eigenvalue weighted by Crippen LogP contribution is 2.34. The lowest BCUT2D eigenvalue weighted by Crippen LogP contribution is -2.10. The maximum atomic E-state index is 11.2. The third-order valence-corrected chi connectivity index (χ3v) is 3.44. The Morgan fingerprint density at radius 2 is 2.33 bits per heavy atom. The Bertz CT molecular complexity index is 748. The van der Waals surface area contributed by atoms with E-state index in [1.54, 1.807) is 12.1 Å². The molecule has 110 valence electrons. The van der Waals surface area contributed by atoms with Gasteiger partial charge in [-0.15, -0.1) is 0 Å². The number of hydrogen-bond donors (Lipinski definition) is 3. The van der Waals surface area contributed by atoms with Crippen molar-refractivity contribution in [2.75, 3.05) is 12.5 Å². The summed E-state index contributed by atoms with van der Waals surface area (Å²) in [5, 5.41) is 19.4. The molecule has 3 N–H and O–H groups in total. The van der Waals surface area contributed by atoms with E-state index in [0.717, 1.165) is 0 Å². The van der Waals surface area contributed by atoms with E-state index < -0.39 is 5.56 Å². The molecule has 0 fully saturated rings. The van der Waals surface area contributed by atoms with Gasteiger partial charge in [-0.2, -0.15) is 10.2 Å². The van der Waals surface area contributed by atoms with E-state index in [1.807, 2.05) is 0 Å². The Morgan fingerprint density at radius 3 is 3.05 bits per heavy atom. The number of halogens is 2. The molecule has 2 aromatic rings. The standard InChI is InChI=1S/C12H10BrClN4O3/c1-21-9-3-6(2-7(13)11(9)19)4-15-17-8-5-16-18-12(20)10(8)14/h2-5,19H,1H3,(H2,17,18,20). The summed E-state index contributed by atoms with van der Waals surface area (Å²) >= 11 is 9.00. The van der Waals surface area contributed by atoms with Crippen LogP contribution < -0.4 is 15.7 Å². The van der Waals surface area contributed by atoms with Crippen LogP contribution in [-0.2, 0) is 0 Å². The minimum absolute atomic E-state index is 0.00412. The normalized spacial score (nSPS) is 10.8. The van der Waals surface area contributed by atoms with Crippen molar-refractivity contribution >= 4 is 39.4 Å². The molecule has 21 heavy (non-hydrogen) atoms. The van der Waals surface area contributed by atoms with Crippen LogP contribution in [0, 0.1) is 0 Å². The highest BCUT2D eigenvalue weighted by molar-refractivity contribution is 9.10. The van der Waals surface area contributed by atoms with Gasteiger partial charge in [0.15, 0.2) is 11.5 Å². The summed E-state index contributed by atoms with van der Waals surface area (Å²) in [7, 11) is 1.45. The van der Waals surface area contributed by atoms with Crippen molar-refractivity contribution in [1.29, 1.82) is 0 Å². The number of hydrazone groups is 1. The number of ether oxygens (including phenoxy) is 1. The molecule has 0 bridgehead atoms. The first-order chi connectivity index (χ1) is 10.0. The van der Waals surface area contributed by atoms with Crippen molar-refractivity contribution in [3.05, 3.63) is 43.7 Å². The van der Waals surface area contributed by atoms with E-state index in [2.05, 4.69) is 36.7 Å². The zero-order valence-corrected chi connectivity index (χ0v) is 13.1. The molecule has 0 saturated carbocycles. The van der Waals surface area contributed by atoms with Gasteiger partial charge in [0.25, 0.3) is 5.56 Å². The first-order valence-corrected chi connectivity index (χ1v) is 6.78. The molecule has 0 atom stereocenters. The molecule has 1 aromatic heterocycles. The quantitative estimate of drug-likeness (QED) is 0.564. The average Bonchev–Trinajstić information content (AvgIpc) is 2.47. The van der Waals surface area contributed by atoms with Crippen LogP contribution in [0.5, 0.6) is 11.5 Å². The molecule has 0 radical (unpaired) electrons. The van der Waals surface area contributed by atoms with Crippen molar-refractivity contribution < 1.29 is 9.84 Å². The molecule has 1 aromatic carbocycles. The summed E-state index contributed by atoms with van der Waals surface area (Å²) < 4.78 is 5.50. The van der Waals surface area contributed by atoms with Crippen LogP contribution in [0.1, 0.15) is 5.56 Å². The first kappa shape index (κ1) is 15.3. The molecule has 2 rings (SSSR count). The molecule has 0 aliphatic carbocycles. The number of phenolic OH excluding ortho intramolecular Hbond substituents is 1. The Hall–Kier alpha value is -2.06. The van der Waals surface area contributed by atoms with Gasteiger partial charge in [0, 0.05) is 0 Å². The lowest BCUT2D eigenvalue weighted by Gasteiger charge is -2.06. The Labute approximate surface area is 132 Å². The Balaban J connectivity index is 2.20. The fraction of sp³-hybridized carbons (Fsp3) is 0.0833. The lowest BCUT2D eigenvalue weighted by atomic mass is 10.2. The lowest BCUT2D eigenvalue weighted by molar-refractivity contribution is 0.372. The molecule has 1 heterocycles. The Kier molecular flexibility index (Phi) is 4.81. The van der Waals surface area contributed by atoms with Crippen LogP contribution in [0.15, 0.2) is 32.7 Å². The number of anilines is 1. The number of nitrogens with one attached hydrogen (secondary N) is 2. The third kappa shape index (κ3) is 3.53. The molecular formula is C12H10BrClN4O3. The minimum Gasteiger partial charge on any atom is -0.503 e. The van der Waals surface area contributed by atoms with Crippen LogP contribution in [0.25, 0.3) is 0 Å². The Morgan fingerprint density at radius 1 is 1.57 bits per heavy atom. The summed E-state index contributed by atoms with van der Waals surface area (Å²) in [6.45, 7) is 0. The number of nitrogens with zero attached hydrogens (tertiary/aromatic N) is 2. The number of H-pyrrole nitrogens is 1. The van der Waals surface area contributed by atoms with Gasteiger partial charge in [-0.25, -0.2) is 5.10 Å². The van der Waals surface area contributed by atoms with E-state index in [1.165, 1.54) is 19.5 Å². The molecule has 0 aliphatic rings. The summed E-state index contributed by atoms with van der Waals surface area (Å²) in [6, 6.07) is 3.25. The number of phenols is 1. The SMILES string of the molecule is COc1cc(C=NNc2cn[nH]c(=O)c2Cl)cc(Br)c1O. The second-order valence-electron chi connectivity index (χ2n) is 3.85. The van der Waals surface area contributed by atoms with Crippen molar-refractivity contribution in [3.8, 4) is 11.5 Å². The highest BCUT2D eigenvalue weighted by atomic mass is 79.9. The zero-order chi connectivity index (χ0) is 15.4. The summed E-state index contributed by atoms with van der Waals surface area (Å²) in [6.07, 6.45) is 2.82. The van der Waals surface area contributed by atoms with Gasteiger partial charge in [0.05, 0.1) is 24.0 Å². The van der Waals surface area contributed by atoms with Gasteiger partial charge in [0.2, 0.25) is 0 Å². The van der Waals surface area contributed by atoms with E-state index >= 15 is 0 Å². The zero-order valence-electron chi connectivity index (χ0n) is 10.7. The molecule has 0 saturated heterocycles. The largest absolute Gasteiger partial charge is 0.503 e. The number of benzene rings is 1. The third-order valence-electron chi connectivity index (χ3n) is 2.46. The number of methoxy groups -OCH3 is 1. The smallest absolute Gasteiger partial charge is 0.285 e. The molecule has 0 unspecified atom stereocenters. The van der Waals surface area contributed by atoms with Gasteiger partial charge in [-0.05, 0) is 33.6 Å². The van der Waals surface area contributed by atoms with Crippen molar-refractivity contribution in [2.45, 2.75) is 0 Å². The van der Waals surface area contributed by atoms with Crippen molar-refractivity contribution in [3.63, 3.8) is 0 Å². The minimum atomic E-state index is -0.508. The van der Waals surface area contributed by atoms with Crippen LogP contribution in [0.2, 0.25) is 5.02 Å². The second kappa shape index (κ2) is 6.59. The number of aromatic hydroxyl groups is 1. The van der Waals surface area contributed by atoms with E-state index in [9.17, 15) is 9.90 Å². The fourth-order valence-electron chi connectivity index (χ4n) is 1.46. The monoisotopic (exact) mass is 372 g/mol. The maximum Gasteiger partial charge on any atom is 0.285 e. The predicted molar refractivity (Wildman–Crippen MR) is 83.4 cm³/mol. The average molecular weight is 374 g/mol. The molecule has 7 nitrogen and oxygen atoms in total. The first-order valence-electron chi connectivity index (χ1n) is 5.61. The van der Waals surface area contributed by atoms with E-state index in [-0.39, 0.29) is 16.5 Å². The summed E-state index contributed by atoms with van der Waals surface area (Å²) in [4.78, 5) is 11.2. The predicted octanol–water partition coefficient (Wildman–Crippen LogP) is 2.35. The van der Waals surface area contributed by atoms with Crippen molar-refractivity contribution in [2.24, 2.45) is 5.10 Å². The van der Waals surface area contributed by atoms with Crippen LogP contribution >= 0.6 is 27.5 Å². The molecule has 0 aliphatic heterocycles. The van der Waals surface area contributed by atoms with Gasteiger partial charge < -0.3 is 9.84 Å². The highest BCUT2D eigenvalue weighted by Gasteiger charge is 2.07. The molecule has 9 heteroatoms. The topological polar surface area (TPSA) is 99.6 Å². The number of aromatic amines is 1. The van der Waals surface area contributed by atoms with Gasteiger partial charge in [0.1, 0.15) is 10.7 Å².